The Hall–Kier alpha value is -1.18. The summed E-state index contributed by atoms with van der Waals surface area (Å²) in [5, 5.41) is 1.74. The Labute approximate surface area is 84.2 Å². The number of nitrogens with two attached hydrogens (primary N) is 1. The molecule has 0 aliphatic carbocycles. The number of hydrogen-bond acceptors (Lipinski definition) is 6. The highest BCUT2D eigenvalue weighted by Crippen LogP contribution is 2.00. The van der Waals surface area contributed by atoms with E-state index in [1.165, 1.54) is 4.57 Å². The first kappa shape index (κ1) is 10.9. The summed E-state index contributed by atoms with van der Waals surface area (Å²) in [4.78, 5) is 26.3. The predicted octanol–water partition coefficient (Wildman–Crippen LogP) is -0.470. The molecule has 0 radical (unpaired) electrons. The van der Waals surface area contributed by atoms with Crippen molar-refractivity contribution in [2.24, 2.45) is 5.84 Å². The second kappa shape index (κ2) is 4.89. The maximum absolute atomic E-state index is 11.2. The molecule has 3 N–H and O–H groups in total. The number of hydrogen-bond donors (Lipinski definition) is 2. The lowest BCUT2D eigenvalue weighted by molar-refractivity contribution is -0.151. The van der Waals surface area contributed by atoms with Crippen molar-refractivity contribution >= 4 is 17.3 Å². The highest BCUT2D eigenvalue weighted by molar-refractivity contribution is 7.07. The molecule has 0 fully saturated rings. The molecular weight excluding hydrogens is 206 g/mol. The first-order valence-corrected chi connectivity index (χ1v) is 4.83. The molecule has 78 valence electrons. The molecule has 0 aliphatic rings. The molecule has 0 saturated carbocycles. The number of nitrogens with one attached hydrogen (secondary N) is 1. The molecule has 0 saturated heterocycles. The number of thiazole rings is 1. The standard InChI is InChI=1S/C7H11N3O3S/c1-5-4-14-7(12)10(5)3-2-6(11)13-9-8/h4,9H,2-3,8H2,1H3. The highest BCUT2D eigenvalue weighted by Gasteiger charge is 2.06. The van der Waals surface area contributed by atoms with Gasteiger partial charge in [-0.25, -0.2) is 5.84 Å². The SMILES string of the molecule is Cc1csc(=O)n1CCC(=O)ONN. The smallest absolute Gasteiger partial charge is 0.328 e. The molecule has 0 aromatic carbocycles. The number of aryl methyl sites for hydroxylation is 1. The molecule has 1 aromatic heterocycles. The van der Waals surface area contributed by atoms with Crippen LogP contribution in [-0.4, -0.2) is 10.5 Å². The van der Waals surface area contributed by atoms with Gasteiger partial charge in [0.15, 0.2) is 0 Å². The molecule has 0 atom stereocenters. The van der Waals surface area contributed by atoms with Crippen molar-refractivity contribution in [1.29, 1.82) is 0 Å². The summed E-state index contributed by atoms with van der Waals surface area (Å²) in [7, 11) is 0. The van der Waals surface area contributed by atoms with Crippen LogP contribution in [0.1, 0.15) is 12.1 Å². The third kappa shape index (κ3) is 2.66. The number of carbonyl (C=O) groups is 1. The molecule has 0 aliphatic heterocycles. The van der Waals surface area contributed by atoms with Crippen LogP contribution in [0.25, 0.3) is 0 Å². The lowest BCUT2D eigenvalue weighted by Crippen LogP contribution is -2.27. The Morgan fingerprint density at radius 2 is 2.50 bits per heavy atom. The van der Waals surface area contributed by atoms with Crippen molar-refractivity contribution in [3.05, 3.63) is 20.7 Å². The largest absolute Gasteiger partial charge is 0.356 e. The van der Waals surface area contributed by atoms with Gasteiger partial charge in [0.25, 0.3) is 0 Å². The van der Waals surface area contributed by atoms with Crippen LogP contribution in [0.4, 0.5) is 0 Å². The van der Waals surface area contributed by atoms with Crippen molar-refractivity contribution in [3.63, 3.8) is 0 Å². The van der Waals surface area contributed by atoms with Gasteiger partial charge in [0.1, 0.15) is 0 Å². The average Bonchev–Trinajstić information content (AvgIpc) is 2.44. The van der Waals surface area contributed by atoms with Crippen LogP contribution < -0.4 is 16.3 Å². The van der Waals surface area contributed by atoms with E-state index in [4.69, 9.17) is 5.84 Å². The Morgan fingerprint density at radius 1 is 1.79 bits per heavy atom. The van der Waals surface area contributed by atoms with Crippen LogP contribution >= 0.6 is 11.3 Å². The molecule has 1 aromatic rings. The first-order chi connectivity index (χ1) is 6.65. The van der Waals surface area contributed by atoms with Crippen LogP contribution in [0.3, 0.4) is 0 Å². The summed E-state index contributed by atoms with van der Waals surface area (Å²) < 4.78 is 1.52. The predicted molar refractivity (Wildman–Crippen MR) is 51.3 cm³/mol. The summed E-state index contributed by atoms with van der Waals surface area (Å²) in [5.41, 5.74) is 2.63. The Bertz CT molecular complexity index is 371. The fourth-order valence-corrected chi connectivity index (χ4v) is 1.76. The highest BCUT2D eigenvalue weighted by atomic mass is 32.1. The van der Waals surface area contributed by atoms with Gasteiger partial charge >= 0.3 is 10.8 Å². The minimum absolute atomic E-state index is 0.0731. The van der Waals surface area contributed by atoms with E-state index in [0.717, 1.165) is 17.0 Å². The van der Waals surface area contributed by atoms with Gasteiger partial charge in [0, 0.05) is 17.6 Å². The van der Waals surface area contributed by atoms with E-state index in [2.05, 4.69) is 4.84 Å². The van der Waals surface area contributed by atoms with Gasteiger partial charge in [0.2, 0.25) is 0 Å². The van der Waals surface area contributed by atoms with Crippen molar-refractivity contribution in [3.8, 4) is 0 Å². The number of aromatic nitrogens is 1. The fraction of sp³-hybridized carbons (Fsp3) is 0.429. The normalized spacial score (nSPS) is 10.1. The van der Waals surface area contributed by atoms with Crippen LogP contribution in [0.2, 0.25) is 0 Å². The summed E-state index contributed by atoms with van der Waals surface area (Å²) in [6.07, 6.45) is 0.113. The van der Waals surface area contributed by atoms with Crippen LogP contribution in [0.15, 0.2) is 10.2 Å². The van der Waals surface area contributed by atoms with Gasteiger partial charge in [-0.1, -0.05) is 16.9 Å². The lowest BCUT2D eigenvalue weighted by Gasteiger charge is -2.03. The molecule has 7 heteroatoms. The summed E-state index contributed by atoms with van der Waals surface area (Å²) in [6.45, 7) is 2.12. The van der Waals surface area contributed by atoms with E-state index in [9.17, 15) is 9.59 Å². The average molecular weight is 217 g/mol. The van der Waals surface area contributed by atoms with Gasteiger partial charge in [-0.2, -0.15) is 0 Å². The monoisotopic (exact) mass is 217 g/mol. The van der Waals surface area contributed by atoms with Gasteiger partial charge < -0.3 is 9.40 Å². The Kier molecular flexibility index (Phi) is 3.81. The number of rotatable bonds is 4. The Morgan fingerprint density at radius 3 is 3.00 bits per heavy atom. The minimum Gasteiger partial charge on any atom is -0.356 e. The molecular formula is C7H11N3O3S. The molecule has 6 nitrogen and oxygen atoms in total. The zero-order valence-electron chi connectivity index (χ0n) is 7.65. The van der Waals surface area contributed by atoms with Gasteiger partial charge in [0.05, 0.1) is 6.42 Å². The maximum atomic E-state index is 11.2. The number of hydrazine groups is 1. The molecule has 0 bridgehead atoms. The third-order valence-electron chi connectivity index (χ3n) is 1.69. The van der Waals surface area contributed by atoms with E-state index < -0.39 is 5.97 Å². The lowest BCUT2D eigenvalue weighted by atomic mass is 10.4. The van der Waals surface area contributed by atoms with Crippen LogP contribution in [0.5, 0.6) is 0 Å². The quantitative estimate of drug-likeness (QED) is 0.526. The van der Waals surface area contributed by atoms with E-state index in [1.807, 2.05) is 6.92 Å². The minimum atomic E-state index is -0.495. The fourth-order valence-electron chi connectivity index (χ4n) is 0.994. The van der Waals surface area contributed by atoms with Gasteiger partial charge in [-0.05, 0) is 6.92 Å². The summed E-state index contributed by atoms with van der Waals surface area (Å²) >= 11 is 1.11. The molecule has 0 unspecified atom stereocenters. The van der Waals surface area contributed by atoms with Crippen molar-refractivity contribution in [2.75, 3.05) is 0 Å². The molecule has 14 heavy (non-hydrogen) atoms. The maximum Gasteiger partial charge on any atom is 0.328 e. The van der Waals surface area contributed by atoms with E-state index >= 15 is 0 Å². The Balaban J connectivity index is 2.53. The third-order valence-corrected chi connectivity index (χ3v) is 2.57. The molecule has 1 rings (SSSR count). The molecule has 1 heterocycles. The van der Waals surface area contributed by atoms with Crippen LogP contribution in [0, 0.1) is 6.92 Å². The topological polar surface area (TPSA) is 86.3 Å². The van der Waals surface area contributed by atoms with Gasteiger partial charge in [-0.15, -0.1) is 0 Å². The van der Waals surface area contributed by atoms with Crippen molar-refractivity contribution in [1.82, 2.24) is 10.2 Å². The zero-order valence-corrected chi connectivity index (χ0v) is 8.47. The van der Waals surface area contributed by atoms with Crippen LogP contribution in [-0.2, 0) is 16.2 Å². The van der Waals surface area contributed by atoms with Gasteiger partial charge in [-0.3, -0.25) is 9.59 Å². The molecule has 0 spiro atoms. The van der Waals surface area contributed by atoms with Crippen molar-refractivity contribution < 1.29 is 9.63 Å². The zero-order chi connectivity index (χ0) is 10.6. The van der Waals surface area contributed by atoms with Crippen molar-refractivity contribution in [2.45, 2.75) is 19.9 Å². The second-order valence-electron chi connectivity index (χ2n) is 2.64. The van der Waals surface area contributed by atoms with E-state index in [1.54, 1.807) is 11.0 Å². The summed E-state index contributed by atoms with van der Waals surface area (Å²) in [6, 6.07) is 0. The number of carbonyl (C=O) groups excluding carboxylic acids is 1. The molecule has 0 amide bonds. The number of nitrogens with zero attached hydrogens (tertiary/aromatic N) is 1. The summed E-state index contributed by atoms with van der Waals surface area (Å²) in [5.74, 6) is 4.28. The first-order valence-electron chi connectivity index (χ1n) is 3.95. The second-order valence-corrected chi connectivity index (χ2v) is 3.46. The van der Waals surface area contributed by atoms with E-state index in [0.29, 0.717) is 6.54 Å². The van der Waals surface area contributed by atoms with E-state index in [-0.39, 0.29) is 11.3 Å².